The van der Waals surface area contributed by atoms with Crippen molar-refractivity contribution in [2.24, 2.45) is 0 Å². The third-order valence-corrected chi connectivity index (χ3v) is 3.68. The van der Waals surface area contributed by atoms with Crippen molar-refractivity contribution in [2.45, 2.75) is 26.3 Å². The lowest BCUT2D eigenvalue weighted by atomic mass is 10.2. The first-order valence-electron chi connectivity index (χ1n) is 5.47. The molecule has 5 heteroatoms. The summed E-state index contributed by atoms with van der Waals surface area (Å²) in [5, 5.41) is 14.1. The van der Waals surface area contributed by atoms with Gasteiger partial charge in [0.15, 0.2) is 0 Å². The number of anilines is 1. The maximum absolute atomic E-state index is 5.92. The van der Waals surface area contributed by atoms with Crippen molar-refractivity contribution in [3.05, 3.63) is 39.9 Å². The molecule has 1 N–H and O–H groups in total. The average Bonchev–Trinajstić information content (AvgIpc) is 2.75. The van der Waals surface area contributed by atoms with Crippen LogP contribution in [-0.4, -0.2) is 10.2 Å². The summed E-state index contributed by atoms with van der Waals surface area (Å²) in [5.41, 5.74) is 1.14. The van der Waals surface area contributed by atoms with Crippen LogP contribution in [0, 0.1) is 0 Å². The van der Waals surface area contributed by atoms with Crippen LogP contribution in [0.25, 0.3) is 0 Å². The van der Waals surface area contributed by atoms with Crippen LogP contribution in [0.2, 0.25) is 5.02 Å². The summed E-state index contributed by atoms with van der Waals surface area (Å²) in [6, 6.07) is 7.79. The fourth-order valence-electron chi connectivity index (χ4n) is 1.36. The van der Waals surface area contributed by atoms with Gasteiger partial charge in [0.05, 0.1) is 0 Å². The Morgan fingerprint density at radius 3 is 2.82 bits per heavy atom. The van der Waals surface area contributed by atoms with Crippen LogP contribution in [0.3, 0.4) is 0 Å². The largest absolute Gasteiger partial charge is 0.356 e. The summed E-state index contributed by atoms with van der Waals surface area (Å²) in [4.78, 5) is 0. The minimum absolute atomic E-state index is 0.425. The molecular formula is C12H14ClN3S. The summed E-state index contributed by atoms with van der Waals surface area (Å²) in [7, 11) is 0. The minimum Gasteiger partial charge on any atom is -0.356 e. The maximum Gasteiger partial charge on any atom is 0.205 e. The lowest BCUT2D eigenvalue weighted by Gasteiger charge is -2.02. The second-order valence-corrected chi connectivity index (χ2v) is 5.53. The molecule has 0 saturated heterocycles. The third kappa shape index (κ3) is 3.41. The van der Waals surface area contributed by atoms with Crippen molar-refractivity contribution < 1.29 is 0 Å². The monoisotopic (exact) mass is 267 g/mol. The fourth-order valence-corrected chi connectivity index (χ4v) is 2.32. The highest BCUT2D eigenvalue weighted by Gasteiger charge is 2.07. The lowest BCUT2D eigenvalue weighted by molar-refractivity contribution is 0.824. The van der Waals surface area contributed by atoms with E-state index in [4.69, 9.17) is 11.6 Å². The molecule has 0 spiro atoms. The molecule has 17 heavy (non-hydrogen) atoms. The predicted molar refractivity (Wildman–Crippen MR) is 72.8 cm³/mol. The number of hydrogen-bond acceptors (Lipinski definition) is 4. The quantitative estimate of drug-likeness (QED) is 0.912. The molecule has 2 rings (SSSR count). The van der Waals surface area contributed by atoms with Gasteiger partial charge in [-0.3, -0.25) is 0 Å². The summed E-state index contributed by atoms with van der Waals surface area (Å²) >= 11 is 7.52. The first-order valence-corrected chi connectivity index (χ1v) is 6.66. The van der Waals surface area contributed by atoms with Gasteiger partial charge in [0.1, 0.15) is 5.01 Å². The lowest BCUT2D eigenvalue weighted by Crippen LogP contribution is -1.98. The Hall–Kier alpha value is -1.13. The highest BCUT2D eigenvalue weighted by Crippen LogP contribution is 2.23. The van der Waals surface area contributed by atoms with Gasteiger partial charge in [-0.05, 0) is 17.7 Å². The summed E-state index contributed by atoms with van der Waals surface area (Å²) < 4.78 is 0. The average molecular weight is 268 g/mol. The highest BCUT2D eigenvalue weighted by atomic mass is 35.5. The molecule has 1 aromatic carbocycles. The second kappa shape index (κ2) is 5.47. The van der Waals surface area contributed by atoms with Crippen LogP contribution in [-0.2, 0) is 6.54 Å². The Bertz CT molecular complexity index is 496. The van der Waals surface area contributed by atoms with E-state index in [2.05, 4.69) is 29.4 Å². The van der Waals surface area contributed by atoms with Gasteiger partial charge < -0.3 is 5.32 Å². The molecule has 0 bridgehead atoms. The van der Waals surface area contributed by atoms with Crippen LogP contribution in [0.5, 0.6) is 0 Å². The zero-order chi connectivity index (χ0) is 12.3. The molecule has 0 aliphatic carbocycles. The van der Waals surface area contributed by atoms with E-state index < -0.39 is 0 Å². The van der Waals surface area contributed by atoms with Gasteiger partial charge in [-0.25, -0.2) is 0 Å². The van der Waals surface area contributed by atoms with Crippen molar-refractivity contribution in [3.8, 4) is 0 Å². The number of halogens is 1. The number of nitrogens with zero attached hydrogens (tertiary/aromatic N) is 2. The van der Waals surface area contributed by atoms with Crippen LogP contribution in [0.1, 0.15) is 30.3 Å². The molecule has 0 aliphatic heterocycles. The molecule has 3 nitrogen and oxygen atoms in total. The summed E-state index contributed by atoms with van der Waals surface area (Å²) in [5.74, 6) is 0.425. The normalized spacial score (nSPS) is 10.8. The second-order valence-electron chi connectivity index (χ2n) is 4.08. The van der Waals surface area contributed by atoms with Gasteiger partial charge in [0.25, 0.3) is 0 Å². The van der Waals surface area contributed by atoms with Crippen molar-refractivity contribution in [3.63, 3.8) is 0 Å². The number of rotatable bonds is 4. The molecule has 0 unspecified atom stereocenters. The standard InChI is InChI=1S/C12H14ClN3S/c1-8(2)11-15-16-12(17-11)14-7-9-4-3-5-10(13)6-9/h3-6,8H,7H2,1-2H3,(H,14,16). The molecule has 0 fully saturated rings. The van der Waals surface area contributed by atoms with Gasteiger partial charge >= 0.3 is 0 Å². The number of benzene rings is 1. The van der Waals surface area contributed by atoms with Crippen LogP contribution >= 0.6 is 22.9 Å². The predicted octanol–water partition coefficient (Wildman–Crippen LogP) is 3.93. The van der Waals surface area contributed by atoms with Gasteiger partial charge in [0.2, 0.25) is 5.13 Å². The third-order valence-electron chi connectivity index (χ3n) is 2.27. The van der Waals surface area contributed by atoms with Gasteiger partial charge in [-0.2, -0.15) is 0 Å². The number of hydrogen-bond donors (Lipinski definition) is 1. The SMILES string of the molecule is CC(C)c1nnc(NCc2cccc(Cl)c2)s1. The highest BCUT2D eigenvalue weighted by molar-refractivity contribution is 7.15. The Labute approximate surface area is 110 Å². The first kappa shape index (κ1) is 12.3. The number of nitrogens with one attached hydrogen (secondary N) is 1. The molecule has 1 heterocycles. The molecule has 0 radical (unpaired) electrons. The Morgan fingerprint density at radius 1 is 1.35 bits per heavy atom. The fraction of sp³-hybridized carbons (Fsp3) is 0.333. The summed E-state index contributed by atoms with van der Waals surface area (Å²) in [6.45, 7) is 4.94. The van der Waals surface area contributed by atoms with Crippen LogP contribution in [0.4, 0.5) is 5.13 Å². The van der Waals surface area contributed by atoms with E-state index in [1.165, 1.54) is 0 Å². The molecule has 0 aliphatic rings. The zero-order valence-electron chi connectivity index (χ0n) is 9.77. The molecular weight excluding hydrogens is 254 g/mol. The Balaban J connectivity index is 1.97. The van der Waals surface area contributed by atoms with Crippen LogP contribution in [0.15, 0.2) is 24.3 Å². The summed E-state index contributed by atoms with van der Waals surface area (Å²) in [6.07, 6.45) is 0. The van der Waals surface area contributed by atoms with E-state index in [0.29, 0.717) is 12.5 Å². The number of aromatic nitrogens is 2. The van der Waals surface area contributed by atoms with Crippen molar-refractivity contribution in [1.82, 2.24) is 10.2 Å². The maximum atomic E-state index is 5.92. The van der Waals surface area contributed by atoms with E-state index >= 15 is 0 Å². The van der Waals surface area contributed by atoms with Gasteiger partial charge in [0, 0.05) is 17.5 Å². The van der Waals surface area contributed by atoms with Gasteiger partial charge in [-0.15, -0.1) is 10.2 Å². The smallest absolute Gasteiger partial charge is 0.205 e. The molecule has 90 valence electrons. The van der Waals surface area contributed by atoms with E-state index in [9.17, 15) is 0 Å². The molecule has 0 saturated carbocycles. The van der Waals surface area contributed by atoms with Crippen molar-refractivity contribution in [1.29, 1.82) is 0 Å². The van der Waals surface area contributed by atoms with E-state index in [1.807, 2.05) is 24.3 Å². The van der Waals surface area contributed by atoms with Gasteiger partial charge in [-0.1, -0.05) is 48.9 Å². The topological polar surface area (TPSA) is 37.8 Å². The van der Waals surface area contributed by atoms with Crippen LogP contribution < -0.4 is 5.32 Å². The zero-order valence-corrected chi connectivity index (χ0v) is 11.3. The minimum atomic E-state index is 0.425. The Morgan fingerprint density at radius 2 is 2.18 bits per heavy atom. The first-order chi connectivity index (χ1) is 8.15. The molecule has 2 aromatic rings. The molecule has 0 atom stereocenters. The van der Waals surface area contributed by atoms with E-state index in [-0.39, 0.29) is 0 Å². The van der Waals surface area contributed by atoms with E-state index in [1.54, 1.807) is 11.3 Å². The molecule has 1 aromatic heterocycles. The van der Waals surface area contributed by atoms with Crippen molar-refractivity contribution >= 4 is 28.1 Å². The Kier molecular flexibility index (Phi) is 3.97. The van der Waals surface area contributed by atoms with Crippen molar-refractivity contribution in [2.75, 3.05) is 5.32 Å². The molecule has 0 amide bonds. The van der Waals surface area contributed by atoms with E-state index in [0.717, 1.165) is 20.7 Å².